The van der Waals surface area contributed by atoms with Crippen LogP contribution in [0.4, 0.5) is 10.1 Å². The molecule has 0 fully saturated rings. The maximum Gasteiger partial charge on any atom is 0.336 e. The monoisotopic (exact) mass is 420 g/mol. The summed E-state index contributed by atoms with van der Waals surface area (Å²) in [6.45, 7) is 0. The molecule has 0 saturated heterocycles. The van der Waals surface area contributed by atoms with Crippen LogP contribution < -0.4 is 0 Å². The lowest BCUT2D eigenvalue weighted by Crippen LogP contribution is -2.02. The molecule has 0 spiro atoms. The van der Waals surface area contributed by atoms with Gasteiger partial charge in [0.15, 0.2) is 0 Å². The van der Waals surface area contributed by atoms with Gasteiger partial charge in [0, 0.05) is 28.1 Å². The number of aromatic nitrogens is 1. The third-order valence-corrected chi connectivity index (χ3v) is 5.42. The Bertz CT molecular complexity index is 1270. The number of nitro groups is 1. The quantitative estimate of drug-likeness (QED) is 0.321. The SMILES string of the molecule is O=C(O)c1cc(-c2nc(-c3ccc(F)cc3)cs2)ccc1-c1ccccc1[N+](=O)[O-]. The highest BCUT2D eigenvalue weighted by atomic mass is 32.1. The molecule has 0 aliphatic heterocycles. The van der Waals surface area contributed by atoms with Crippen LogP contribution in [0.5, 0.6) is 0 Å². The first kappa shape index (κ1) is 19.4. The molecule has 148 valence electrons. The highest BCUT2D eigenvalue weighted by Crippen LogP contribution is 2.36. The largest absolute Gasteiger partial charge is 0.478 e. The predicted octanol–water partition coefficient (Wildman–Crippen LogP) is 5.89. The van der Waals surface area contributed by atoms with Gasteiger partial charge in [-0.15, -0.1) is 11.3 Å². The van der Waals surface area contributed by atoms with Crippen molar-refractivity contribution in [1.29, 1.82) is 0 Å². The fraction of sp³-hybridized carbons (Fsp3) is 0. The Labute approximate surface area is 174 Å². The van der Waals surface area contributed by atoms with Crippen LogP contribution in [0.2, 0.25) is 0 Å². The van der Waals surface area contributed by atoms with E-state index in [1.54, 1.807) is 35.7 Å². The number of hydrogen-bond acceptors (Lipinski definition) is 5. The van der Waals surface area contributed by atoms with Crippen molar-refractivity contribution in [2.45, 2.75) is 0 Å². The summed E-state index contributed by atoms with van der Waals surface area (Å²) in [5.74, 6) is -1.54. The molecule has 0 amide bonds. The molecule has 1 heterocycles. The van der Waals surface area contributed by atoms with Gasteiger partial charge >= 0.3 is 5.97 Å². The highest BCUT2D eigenvalue weighted by molar-refractivity contribution is 7.13. The zero-order valence-electron chi connectivity index (χ0n) is 15.3. The summed E-state index contributed by atoms with van der Waals surface area (Å²) in [6, 6.07) is 16.6. The van der Waals surface area contributed by atoms with Gasteiger partial charge in [-0.1, -0.05) is 24.3 Å². The summed E-state index contributed by atoms with van der Waals surface area (Å²) in [5.41, 5.74) is 2.24. The molecule has 1 N–H and O–H groups in total. The average molecular weight is 420 g/mol. The number of para-hydroxylation sites is 1. The molecule has 1 aromatic heterocycles. The van der Waals surface area contributed by atoms with Crippen molar-refractivity contribution in [2.24, 2.45) is 0 Å². The zero-order valence-corrected chi connectivity index (χ0v) is 16.1. The number of hydrogen-bond donors (Lipinski definition) is 1. The Kier molecular flexibility index (Phi) is 5.07. The fourth-order valence-electron chi connectivity index (χ4n) is 3.11. The molecule has 0 aliphatic rings. The van der Waals surface area contributed by atoms with Gasteiger partial charge in [0.2, 0.25) is 0 Å². The van der Waals surface area contributed by atoms with Gasteiger partial charge < -0.3 is 5.11 Å². The normalized spacial score (nSPS) is 10.7. The average Bonchev–Trinajstić information content (AvgIpc) is 3.24. The van der Waals surface area contributed by atoms with Crippen LogP contribution in [0.1, 0.15) is 10.4 Å². The summed E-state index contributed by atoms with van der Waals surface area (Å²) in [7, 11) is 0. The van der Waals surface area contributed by atoms with Gasteiger partial charge in [0.25, 0.3) is 5.69 Å². The van der Waals surface area contributed by atoms with Gasteiger partial charge in [-0.25, -0.2) is 14.2 Å². The van der Waals surface area contributed by atoms with Crippen molar-refractivity contribution < 1.29 is 19.2 Å². The number of carboxylic acids is 1. The molecule has 30 heavy (non-hydrogen) atoms. The van der Waals surface area contributed by atoms with Crippen molar-refractivity contribution in [1.82, 2.24) is 4.98 Å². The number of halogens is 1. The van der Waals surface area contributed by atoms with Crippen molar-refractivity contribution in [2.75, 3.05) is 0 Å². The minimum atomic E-state index is -1.19. The van der Waals surface area contributed by atoms with Crippen LogP contribution in [0, 0.1) is 15.9 Å². The van der Waals surface area contributed by atoms with Crippen molar-refractivity contribution in [3.8, 4) is 33.0 Å². The van der Waals surface area contributed by atoms with E-state index in [9.17, 15) is 24.4 Å². The maximum atomic E-state index is 13.1. The van der Waals surface area contributed by atoms with Crippen LogP contribution >= 0.6 is 11.3 Å². The summed E-state index contributed by atoms with van der Waals surface area (Å²) < 4.78 is 13.1. The minimum absolute atomic E-state index is 0.0552. The van der Waals surface area contributed by atoms with E-state index in [1.165, 1.54) is 47.7 Å². The Morgan fingerprint density at radius 2 is 1.70 bits per heavy atom. The molecule has 0 atom stereocenters. The third-order valence-electron chi connectivity index (χ3n) is 4.53. The molecule has 6 nitrogen and oxygen atoms in total. The number of thiazole rings is 1. The Balaban J connectivity index is 1.78. The van der Waals surface area contributed by atoms with E-state index in [2.05, 4.69) is 4.98 Å². The van der Waals surface area contributed by atoms with E-state index >= 15 is 0 Å². The number of nitrogens with zero attached hydrogens (tertiary/aromatic N) is 2. The maximum absolute atomic E-state index is 13.1. The first-order valence-electron chi connectivity index (χ1n) is 8.77. The number of nitro benzene ring substituents is 1. The second-order valence-electron chi connectivity index (χ2n) is 6.38. The molecule has 0 saturated carbocycles. The van der Waals surface area contributed by atoms with Crippen molar-refractivity contribution in [3.63, 3.8) is 0 Å². The van der Waals surface area contributed by atoms with Gasteiger partial charge in [0.1, 0.15) is 10.8 Å². The molecule has 4 rings (SSSR count). The second-order valence-corrected chi connectivity index (χ2v) is 7.24. The predicted molar refractivity (Wildman–Crippen MR) is 112 cm³/mol. The van der Waals surface area contributed by atoms with E-state index in [4.69, 9.17) is 0 Å². The van der Waals surface area contributed by atoms with Crippen LogP contribution in [0.15, 0.2) is 72.1 Å². The van der Waals surface area contributed by atoms with E-state index in [0.717, 1.165) is 5.56 Å². The smallest absolute Gasteiger partial charge is 0.336 e. The molecule has 3 aromatic carbocycles. The standard InChI is InChI=1S/C22H13FN2O4S/c23-15-8-5-13(6-9-15)19-12-30-21(24-19)14-7-10-16(18(11-14)22(26)27)17-3-1-2-4-20(17)25(28)29/h1-12H,(H,26,27). The second kappa shape index (κ2) is 7.84. The minimum Gasteiger partial charge on any atom is -0.478 e. The molecule has 0 unspecified atom stereocenters. The summed E-state index contributed by atoms with van der Waals surface area (Å²) >= 11 is 1.33. The summed E-state index contributed by atoms with van der Waals surface area (Å²) in [4.78, 5) is 27.2. The Morgan fingerprint density at radius 1 is 1.00 bits per heavy atom. The fourth-order valence-corrected chi connectivity index (χ4v) is 3.94. The molecule has 0 radical (unpaired) electrons. The van der Waals surface area contributed by atoms with Crippen LogP contribution in [0.3, 0.4) is 0 Å². The van der Waals surface area contributed by atoms with Crippen LogP contribution in [-0.2, 0) is 0 Å². The lowest BCUT2D eigenvalue weighted by atomic mass is 9.96. The lowest BCUT2D eigenvalue weighted by Gasteiger charge is -2.09. The topological polar surface area (TPSA) is 93.3 Å². The van der Waals surface area contributed by atoms with E-state index < -0.39 is 10.9 Å². The highest BCUT2D eigenvalue weighted by Gasteiger charge is 2.21. The van der Waals surface area contributed by atoms with E-state index in [-0.39, 0.29) is 28.2 Å². The van der Waals surface area contributed by atoms with Gasteiger partial charge in [-0.2, -0.15) is 0 Å². The van der Waals surface area contributed by atoms with Crippen molar-refractivity contribution >= 4 is 23.0 Å². The summed E-state index contributed by atoms with van der Waals surface area (Å²) in [6.07, 6.45) is 0. The third kappa shape index (κ3) is 3.68. The summed E-state index contributed by atoms with van der Waals surface area (Å²) in [5, 5.41) is 23.5. The van der Waals surface area contributed by atoms with E-state index in [1.807, 2.05) is 0 Å². The molecular weight excluding hydrogens is 407 g/mol. The molecule has 0 bridgehead atoms. The van der Waals surface area contributed by atoms with Crippen LogP contribution in [-0.4, -0.2) is 21.0 Å². The van der Waals surface area contributed by atoms with Gasteiger partial charge in [-0.05, 0) is 36.4 Å². The number of benzene rings is 3. The lowest BCUT2D eigenvalue weighted by molar-refractivity contribution is -0.384. The Hall–Kier alpha value is -3.91. The first-order chi connectivity index (χ1) is 14.4. The zero-order chi connectivity index (χ0) is 21.3. The number of aromatic carboxylic acids is 1. The first-order valence-corrected chi connectivity index (χ1v) is 9.65. The number of carboxylic acid groups (broad SMARTS) is 1. The van der Waals surface area contributed by atoms with Crippen LogP contribution in [0.25, 0.3) is 33.0 Å². The number of rotatable bonds is 5. The number of carbonyl (C=O) groups is 1. The molecule has 4 aromatic rings. The molecule has 0 aliphatic carbocycles. The van der Waals surface area contributed by atoms with Gasteiger partial charge in [-0.3, -0.25) is 10.1 Å². The van der Waals surface area contributed by atoms with E-state index in [0.29, 0.717) is 16.3 Å². The van der Waals surface area contributed by atoms with Gasteiger partial charge in [0.05, 0.1) is 21.7 Å². The van der Waals surface area contributed by atoms with Crippen molar-refractivity contribution in [3.05, 3.63) is 93.6 Å². The Morgan fingerprint density at radius 3 is 2.40 bits per heavy atom. The molecule has 8 heteroatoms. The molecular formula is C22H13FN2O4S.